The molecule has 0 radical (unpaired) electrons. The van der Waals surface area contributed by atoms with Crippen molar-refractivity contribution >= 4 is 5.82 Å². The van der Waals surface area contributed by atoms with Crippen LogP contribution in [0.4, 0.5) is 5.82 Å². The van der Waals surface area contributed by atoms with Gasteiger partial charge in [-0.25, -0.2) is 4.98 Å². The molecular weight excluding hydrogens is 164 g/mol. The monoisotopic (exact) mass is 180 g/mol. The fourth-order valence-electron chi connectivity index (χ4n) is 0.991. The molecule has 2 N–H and O–H groups in total. The van der Waals surface area contributed by atoms with Crippen molar-refractivity contribution < 1.29 is 5.11 Å². The Balaban J connectivity index is 2.74. The molecule has 3 heteroatoms. The first-order valence-corrected chi connectivity index (χ1v) is 4.35. The molecule has 1 aromatic heterocycles. The molecule has 0 aliphatic heterocycles. The number of anilines is 1. The number of pyridine rings is 1. The van der Waals surface area contributed by atoms with Crippen LogP contribution in [0, 0.1) is 6.92 Å². The maximum Gasteiger partial charge on any atom is 0.126 e. The molecule has 0 atom stereocenters. The lowest BCUT2D eigenvalue weighted by molar-refractivity contribution is 0.234. The minimum Gasteiger partial charge on any atom is -0.394 e. The van der Waals surface area contributed by atoms with Gasteiger partial charge in [0, 0.05) is 6.20 Å². The highest BCUT2D eigenvalue weighted by Crippen LogP contribution is 2.12. The second-order valence-electron chi connectivity index (χ2n) is 3.89. The average Bonchev–Trinajstić information content (AvgIpc) is 2.03. The van der Waals surface area contributed by atoms with E-state index in [-0.39, 0.29) is 12.1 Å². The van der Waals surface area contributed by atoms with Gasteiger partial charge in [-0.3, -0.25) is 0 Å². The third kappa shape index (κ3) is 3.03. The molecule has 0 spiro atoms. The van der Waals surface area contributed by atoms with Crippen LogP contribution in [0.15, 0.2) is 18.3 Å². The first-order valence-electron chi connectivity index (χ1n) is 4.35. The Hall–Kier alpha value is -1.09. The van der Waals surface area contributed by atoms with Crippen molar-refractivity contribution in [3.63, 3.8) is 0 Å². The number of nitrogens with zero attached hydrogens (tertiary/aromatic N) is 1. The van der Waals surface area contributed by atoms with E-state index >= 15 is 0 Å². The molecule has 0 aliphatic carbocycles. The Labute approximate surface area is 78.8 Å². The van der Waals surface area contributed by atoms with E-state index in [2.05, 4.69) is 10.3 Å². The number of rotatable bonds is 3. The first-order chi connectivity index (χ1) is 6.03. The van der Waals surface area contributed by atoms with Gasteiger partial charge in [0.1, 0.15) is 5.82 Å². The van der Waals surface area contributed by atoms with Crippen LogP contribution in [0.1, 0.15) is 19.4 Å². The molecule has 0 unspecified atom stereocenters. The van der Waals surface area contributed by atoms with E-state index in [1.54, 1.807) is 6.20 Å². The molecule has 0 amide bonds. The average molecular weight is 180 g/mol. The van der Waals surface area contributed by atoms with Gasteiger partial charge in [-0.05, 0) is 38.5 Å². The van der Waals surface area contributed by atoms with E-state index < -0.39 is 0 Å². The number of hydrogen-bond acceptors (Lipinski definition) is 3. The van der Waals surface area contributed by atoms with Gasteiger partial charge < -0.3 is 10.4 Å². The first kappa shape index (κ1) is 9.99. The minimum absolute atomic E-state index is 0.0859. The number of aromatic nitrogens is 1. The van der Waals surface area contributed by atoms with E-state index in [4.69, 9.17) is 5.11 Å². The summed E-state index contributed by atoms with van der Waals surface area (Å²) in [5.41, 5.74) is 0.840. The van der Waals surface area contributed by atoms with Gasteiger partial charge in [0.2, 0.25) is 0 Å². The van der Waals surface area contributed by atoms with Crippen molar-refractivity contribution in [2.75, 3.05) is 11.9 Å². The topological polar surface area (TPSA) is 45.2 Å². The van der Waals surface area contributed by atoms with Gasteiger partial charge in [-0.1, -0.05) is 0 Å². The Kier molecular flexibility index (Phi) is 2.88. The molecule has 0 saturated heterocycles. The van der Waals surface area contributed by atoms with Gasteiger partial charge in [0.25, 0.3) is 0 Å². The van der Waals surface area contributed by atoms with Crippen molar-refractivity contribution in [2.45, 2.75) is 26.3 Å². The lowest BCUT2D eigenvalue weighted by Crippen LogP contribution is -2.35. The summed E-state index contributed by atoms with van der Waals surface area (Å²) in [6, 6.07) is 3.90. The lowest BCUT2D eigenvalue weighted by Gasteiger charge is -2.24. The van der Waals surface area contributed by atoms with Crippen molar-refractivity contribution in [1.29, 1.82) is 0 Å². The Bertz CT molecular complexity index is 284. The van der Waals surface area contributed by atoms with E-state index in [0.29, 0.717) is 0 Å². The molecule has 1 rings (SSSR count). The standard InChI is InChI=1S/C10H16N2O/c1-8-4-5-11-9(6-8)12-10(2,3)7-13/h4-6,13H,7H2,1-3H3,(H,11,12). The molecule has 13 heavy (non-hydrogen) atoms. The highest BCUT2D eigenvalue weighted by molar-refractivity contribution is 5.39. The third-order valence-electron chi connectivity index (χ3n) is 1.78. The van der Waals surface area contributed by atoms with Crippen molar-refractivity contribution in [3.8, 4) is 0 Å². The minimum atomic E-state index is -0.319. The second-order valence-corrected chi connectivity index (χ2v) is 3.89. The van der Waals surface area contributed by atoms with Crippen molar-refractivity contribution in [2.24, 2.45) is 0 Å². The van der Waals surface area contributed by atoms with Gasteiger partial charge in [0.05, 0.1) is 12.1 Å². The summed E-state index contributed by atoms with van der Waals surface area (Å²) < 4.78 is 0. The maximum absolute atomic E-state index is 9.03. The van der Waals surface area contributed by atoms with E-state index in [1.807, 2.05) is 32.9 Å². The molecule has 3 nitrogen and oxygen atoms in total. The summed E-state index contributed by atoms with van der Waals surface area (Å²) in [4.78, 5) is 4.15. The Morgan fingerprint density at radius 3 is 2.77 bits per heavy atom. The van der Waals surface area contributed by atoms with Crippen LogP contribution >= 0.6 is 0 Å². The molecule has 1 aromatic rings. The van der Waals surface area contributed by atoms with E-state index in [9.17, 15) is 0 Å². The number of hydrogen-bond donors (Lipinski definition) is 2. The number of nitrogens with one attached hydrogen (secondary N) is 1. The zero-order valence-electron chi connectivity index (χ0n) is 8.33. The van der Waals surface area contributed by atoms with E-state index in [1.165, 1.54) is 0 Å². The number of aliphatic hydroxyl groups is 1. The van der Waals surface area contributed by atoms with Crippen molar-refractivity contribution in [3.05, 3.63) is 23.9 Å². The molecule has 1 heterocycles. The molecule has 0 bridgehead atoms. The van der Waals surface area contributed by atoms with E-state index in [0.717, 1.165) is 11.4 Å². The smallest absolute Gasteiger partial charge is 0.126 e. The fraction of sp³-hybridized carbons (Fsp3) is 0.500. The second kappa shape index (κ2) is 3.75. The summed E-state index contributed by atoms with van der Waals surface area (Å²) in [7, 11) is 0. The lowest BCUT2D eigenvalue weighted by atomic mass is 10.1. The highest BCUT2D eigenvalue weighted by Gasteiger charge is 2.15. The summed E-state index contributed by atoms with van der Waals surface area (Å²) >= 11 is 0. The predicted molar refractivity (Wildman–Crippen MR) is 53.8 cm³/mol. The van der Waals surface area contributed by atoms with Crippen LogP contribution in [0.2, 0.25) is 0 Å². The van der Waals surface area contributed by atoms with Crippen LogP contribution in [-0.2, 0) is 0 Å². The summed E-state index contributed by atoms with van der Waals surface area (Å²) in [5.74, 6) is 0.805. The summed E-state index contributed by atoms with van der Waals surface area (Å²) in [6.07, 6.45) is 1.76. The van der Waals surface area contributed by atoms with Crippen LogP contribution in [0.3, 0.4) is 0 Å². The molecule has 0 aliphatic rings. The van der Waals surface area contributed by atoms with Gasteiger partial charge >= 0.3 is 0 Å². The normalized spacial score (nSPS) is 11.4. The Morgan fingerprint density at radius 2 is 2.23 bits per heavy atom. The molecule has 0 fully saturated rings. The van der Waals surface area contributed by atoms with Crippen LogP contribution in [0.25, 0.3) is 0 Å². The molecular formula is C10H16N2O. The third-order valence-corrected chi connectivity index (χ3v) is 1.78. The van der Waals surface area contributed by atoms with Gasteiger partial charge in [0.15, 0.2) is 0 Å². The predicted octanol–water partition coefficient (Wildman–Crippen LogP) is 1.57. The quantitative estimate of drug-likeness (QED) is 0.742. The SMILES string of the molecule is Cc1ccnc(NC(C)(C)CO)c1. The van der Waals surface area contributed by atoms with Crippen molar-refractivity contribution in [1.82, 2.24) is 4.98 Å². The van der Waals surface area contributed by atoms with Gasteiger partial charge in [-0.2, -0.15) is 0 Å². The molecule has 0 aromatic carbocycles. The zero-order chi connectivity index (χ0) is 9.90. The van der Waals surface area contributed by atoms with Crippen LogP contribution in [0.5, 0.6) is 0 Å². The van der Waals surface area contributed by atoms with Crippen LogP contribution in [-0.4, -0.2) is 22.2 Å². The zero-order valence-corrected chi connectivity index (χ0v) is 8.33. The van der Waals surface area contributed by atoms with Gasteiger partial charge in [-0.15, -0.1) is 0 Å². The summed E-state index contributed by atoms with van der Waals surface area (Å²) in [6.45, 7) is 5.95. The molecule has 72 valence electrons. The number of aliphatic hydroxyl groups excluding tert-OH is 1. The van der Waals surface area contributed by atoms with Crippen LogP contribution < -0.4 is 5.32 Å². The number of aryl methyl sites for hydroxylation is 1. The summed E-state index contributed by atoms with van der Waals surface area (Å²) in [5, 5.41) is 12.2. The maximum atomic E-state index is 9.03. The Morgan fingerprint density at radius 1 is 1.54 bits per heavy atom. The highest BCUT2D eigenvalue weighted by atomic mass is 16.3. The largest absolute Gasteiger partial charge is 0.394 e. The fourth-order valence-corrected chi connectivity index (χ4v) is 0.991. The molecule has 0 saturated carbocycles.